The maximum Gasteiger partial charge on any atom is 0.286 e. The minimum atomic E-state index is -3.75. The minimum Gasteiger partial charge on any atom is -0.320 e. The predicted octanol–water partition coefficient (Wildman–Crippen LogP) is 4.15. The van der Waals surface area contributed by atoms with Crippen LogP contribution in [0.25, 0.3) is 0 Å². The molecule has 4 rings (SSSR count). The lowest BCUT2D eigenvalue weighted by Gasteiger charge is -2.30. The Hall–Kier alpha value is -2.40. The lowest BCUT2D eigenvalue weighted by Crippen LogP contribution is -2.37. The third kappa shape index (κ3) is 4.93. The Morgan fingerprint density at radius 3 is 2.58 bits per heavy atom. The molecule has 2 heterocycles. The van der Waals surface area contributed by atoms with Gasteiger partial charge in [-0.05, 0) is 49.2 Å². The Labute approximate surface area is 187 Å². The van der Waals surface area contributed by atoms with Crippen LogP contribution < -0.4 is 5.32 Å². The molecule has 11 heteroatoms. The second-order valence-electron chi connectivity index (χ2n) is 7.05. The van der Waals surface area contributed by atoms with E-state index in [1.807, 2.05) is 0 Å². The normalized spacial score (nSPS) is 15.7. The van der Waals surface area contributed by atoms with Gasteiger partial charge in [-0.3, -0.25) is 4.79 Å². The highest BCUT2D eigenvalue weighted by Crippen LogP contribution is 2.32. The topological polar surface area (TPSA) is 92.3 Å². The molecule has 31 heavy (non-hydrogen) atoms. The first kappa shape index (κ1) is 21.8. The van der Waals surface area contributed by atoms with Crippen molar-refractivity contribution in [1.29, 1.82) is 0 Å². The van der Waals surface area contributed by atoms with Crippen LogP contribution in [0, 0.1) is 5.82 Å². The number of hydrogen-bond donors (Lipinski definition) is 1. The Morgan fingerprint density at radius 1 is 1.13 bits per heavy atom. The fourth-order valence-electron chi connectivity index (χ4n) is 3.36. The zero-order chi connectivity index (χ0) is 22.0. The van der Waals surface area contributed by atoms with E-state index in [2.05, 4.69) is 15.5 Å². The predicted molar refractivity (Wildman–Crippen MR) is 116 cm³/mol. The highest BCUT2D eigenvalue weighted by atomic mass is 35.5. The van der Waals surface area contributed by atoms with Gasteiger partial charge in [-0.1, -0.05) is 35.1 Å². The van der Waals surface area contributed by atoms with E-state index in [-0.39, 0.29) is 34.8 Å². The first-order chi connectivity index (χ1) is 14.8. The number of sulfonamides is 1. The molecule has 0 atom stereocenters. The Kier molecular flexibility index (Phi) is 6.33. The van der Waals surface area contributed by atoms with E-state index in [1.54, 1.807) is 24.3 Å². The molecular formula is C20H18ClFN4O3S2. The number of carbonyl (C=O) groups excluding carboxylic acids is 1. The highest BCUT2D eigenvalue weighted by Gasteiger charge is 2.32. The van der Waals surface area contributed by atoms with Crippen LogP contribution in [0.5, 0.6) is 0 Å². The zero-order valence-electron chi connectivity index (χ0n) is 16.2. The smallest absolute Gasteiger partial charge is 0.286 e. The molecule has 162 valence electrons. The first-order valence-electron chi connectivity index (χ1n) is 9.49. The van der Waals surface area contributed by atoms with Crippen LogP contribution >= 0.6 is 22.9 Å². The van der Waals surface area contributed by atoms with Crippen molar-refractivity contribution in [2.24, 2.45) is 0 Å². The highest BCUT2D eigenvalue weighted by molar-refractivity contribution is 7.89. The van der Waals surface area contributed by atoms with Gasteiger partial charge < -0.3 is 5.32 Å². The molecule has 2 aromatic carbocycles. The van der Waals surface area contributed by atoms with Gasteiger partial charge in [0.05, 0.1) is 4.90 Å². The number of anilines is 1. The Morgan fingerprint density at radius 2 is 1.87 bits per heavy atom. The molecule has 1 aliphatic rings. The summed E-state index contributed by atoms with van der Waals surface area (Å²) in [5, 5.41) is 12.3. The average molecular weight is 481 g/mol. The Balaban J connectivity index is 1.39. The zero-order valence-corrected chi connectivity index (χ0v) is 18.6. The van der Waals surface area contributed by atoms with Gasteiger partial charge in [-0.15, -0.1) is 10.2 Å². The standard InChI is InChI=1S/C20H18ClFN4O3S2/c21-14-3-1-5-16(11-14)23-18(27)20-25-24-19(30-20)13-7-9-26(10-8-13)31(28,29)17-6-2-4-15(22)12-17/h1-6,11-13H,7-10H2,(H,23,27). The number of hydrogen-bond acceptors (Lipinski definition) is 6. The summed E-state index contributed by atoms with van der Waals surface area (Å²) < 4.78 is 40.3. The van der Waals surface area contributed by atoms with Crippen molar-refractivity contribution < 1.29 is 17.6 Å². The van der Waals surface area contributed by atoms with Crippen molar-refractivity contribution in [3.8, 4) is 0 Å². The minimum absolute atomic E-state index is 0.00387. The van der Waals surface area contributed by atoms with Crippen molar-refractivity contribution in [3.63, 3.8) is 0 Å². The summed E-state index contributed by atoms with van der Waals surface area (Å²) in [7, 11) is -3.75. The van der Waals surface area contributed by atoms with Crippen molar-refractivity contribution in [1.82, 2.24) is 14.5 Å². The average Bonchev–Trinajstić information content (AvgIpc) is 3.24. The van der Waals surface area contributed by atoms with Crippen LogP contribution in [0.15, 0.2) is 53.4 Å². The van der Waals surface area contributed by atoms with E-state index in [0.29, 0.717) is 28.6 Å². The molecule has 7 nitrogen and oxygen atoms in total. The molecule has 1 saturated heterocycles. The van der Waals surface area contributed by atoms with E-state index in [4.69, 9.17) is 11.6 Å². The molecule has 0 aliphatic carbocycles. The molecule has 1 fully saturated rings. The van der Waals surface area contributed by atoms with Crippen molar-refractivity contribution in [2.45, 2.75) is 23.7 Å². The van der Waals surface area contributed by atoms with Crippen LogP contribution in [0.1, 0.15) is 33.6 Å². The molecule has 0 unspecified atom stereocenters. The fourth-order valence-corrected chi connectivity index (χ4v) is 5.96. The monoisotopic (exact) mass is 480 g/mol. The van der Waals surface area contributed by atoms with Gasteiger partial charge in [0.2, 0.25) is 15.0 Å². The van der Waals surface area contributed by atoms with Crippen LogP contribution in [0.2, 0.25) is 5.02 Å². The number of halogens is 2. The summed E-state index contributed by atoms with van der Waals surface area (Å²) in [5.41, 5.74) is 0.560. The second-order valence-corrected chi connectivity index (χ2v) is 10.4. The summed E-state index contributed by atoms with van der Waals surface area (Å²) in [6.45, 7) is 0.570. The quantitative estimate of drug-likeness (QED) is 0.592. The maximum absolute atomic E-state index is 13.4. The van der Waals surface area contributed by atoms with Crippen molar-refractivity contribution >= 4 is 44.6 Å². The third-order valence-electron chi connectivity index (χ3n) is 4.95. The number of aromatic nitrogens is 2. The number of piperidine rings is 1. The number of nitrogens with zero attached hydrogens (tertiary/aromatic N) is 3. The lowest BCUT2D eigenvalue weighted by molar-refractivity contribution is 0.102. The fraction of sp³-hybridized carbons (Fsp3) is 0.250. The molecule has 0 bridgehead atoms. The largest absolute Gasteiger partial charge is 0.320 e. The number of nitrogens with one attached hydrogen (secondary N) is 1. The molecule has 3 aromatic rings. The van der Waals surface area contributed by atoms with E-state index in [0.717, 1.165) is 6.07 Å². The van der Waals surface area contributed by atoms with Crippen molar-refractivity contribution in [2.75, 3.05) is 18.4 Å². The van der Waals surface area contributed by atoms with Crippen LogP contribution in [-0.4, -0.2) is 41.9 Å². The number of rotatable bonds is 5. The Bertz CT molecular complexity index is 1210. The summed E-state index contributed by atoms with van der Waals surface area (Å²) in [6, 6.07) is 11.8. The molecule has 1 N–H and O–H groups in total. The molecule has 0 spiro atoms. The summed E-state index contributed by atoms with van der Waals surface area (Å²) >= 11 is 7.12. The molecule has 1 aliphatic heterocycles. The van der Waals surface area contributed by atoms with Crippen LogP contribution in [0.3, 0.4) is 0 Å². The number of carbonyl (C=O) groups is 1. The van der Waals surface area contributed by atoms with Crippen LogP contribution in [-0.2, 0) is 10.0 Å². The van der Waals surface area contributed by atoms with Crippen LogP contribution in [0.4, 0.5) is 10.1 Å². The molecule has 1 amide bonds. The van der Waals surface area contributed by atoms with E-state index >= 15 is 0 Å². The lowest BCUT2D eigenvalue weighted by atomic mass is 9.99. The van der Waals surface area contributed by atoms with Gasteiger partial charge in [0, 0.05) is 29.7 Å². The van der Waals surface area contributed by atoms with Gasteiger partial charge in [-0.2, -0.15) is 4.31 Å². The van der Waals surface area contributed by atoms with E-state index in [1.165, 1.54) is 33.8 Å². The van der Waals surface area contributed by atoms with E-state index in [9.17, 15) is 17.6 Å². The summed E-state index contributed by atoms with van der Waals surface area (Å²) in [4.78, 5) is 12.4. The second kappa shape index (κ2) is 8.99. The molecule has 0 saturated carbocycles. The number of amides is 1. The molecular weight excluding hydrogens is 463 g/mol. The van der Waals surface area contributed by atoms with Gasteiger partial charge in [-0.25, -0.2) is 12.8 Å². The SMILES string of the molecule is O=C(Nc1cccc(Cl)c1)c1nnc(C2CCN(S(=O)(=O)c3cccc(F)c3)CC2)s1. The number of benzene rings is 2. The third-order valence-corrected chi connectivity index (χ3v) is 8.17. The first-order valence-corrected chi connectivity index (χ1v) is 12.1. The van der Waals surface area contributed by atoms with Gasteiger partial charge in [0.15, 0.2) is 0 Å². The van der Waals surface area contributed by atoms with Gasteiger partial charge in [0.25, 0.3) is 5.91 Å². The molecule has 1 aromatic heterocycles. The summed E-state index contributed by atoms with van der Waals surface area (Å²) in [6.07, 6.45) is 1.08. The maximum atomic E-state index is 13.4. The summed E-state index contributed by atoms with van der Waals surface area (Å²) in [5.74, 6) is -0.963. The molecule has 0 radical (unpaired) electrons. The van der Waals surface area contributed by atoms with Gasteiger partial charge in [0.1, 0.15) is 10.8 Å². The van der Waals surface area contributed by atoms with E-state index < -0.39 is 15.8 Å². The van der Waals surface area contributed by atoms with Gasteiger partial charge >= 0.3 is 0 Å². The van der Waals surface area contributed by atoms with Crippen molar-refractivity contribution in [3.05, 3.63) is 69.4 Å².